The number of anilines is 1. The van der Waals surface area contributed by atoms with Gasteiger partial charge in [0.1, 0.15) is 0 Å². The predicted octanol–water partition coefficient (Wildman–Crippen LogP) is 2.11. The third kappa shape index (κ3) is 5.40. The van der Waals surface area contributed by atoms with Crippen LogP contribution in [0.4, 0.5) is 5.69 Å². The van der Waals surface area contributed by atoms with Crippen molar-refractivity contribution in [2.24, 2.45) is 0 Å². The molecule has 0 aromatic heterocycles. The van der Waals surface area contributed by atoms with Gasteiger partial charge < -0.3 is 14.4 Å². The largest absolute Gasteiger partial charge is 0.755 e. The molecule has 22 heavy (non-hydrogen) atoms. The summed E-state index contributed by atoms with van der Waals surface area (Å²) < 4.78 is 23.4. The molecule has 1 aliphatic carbocycles. The predicted molar refractivity (Wildman–Crippen MR) is 83.9 cm³/mol. The first kappa shape index (κ1) is 16.9. The van der Waals surface area contributed by atoms with Crippen LogP contribution in [0.1, 0.15) is 37.7 Å². The highest BCUT2D eigenvalue weighted by molar-refractivity contribution is 7.80. The lowest BCUT2D eigenvalue weighted by Crippen LogP contribution is -2.39. The van der Waals surface area contributed by atoms with Gasteiger partial charge in [0.15, 0.2) is 0 Å². The molecular formula is C15H21N2O4S-. The Hall–Kier alpha value is -1.44. The number of benzene rings is 1. The Labute approximate surface area is 132 Å². The van der Waals surface area contributed by atoms with E-state index in [2.05, 4.69) is 4.72 Å². The topological polar surface area (TPSA) is 92.7 Å². The molecule has 7 heteroatoms. The number of hydrogen-bond acceptors (Lipinski definition) is 4. The van der Waals surface area contributed by atoms with E-state index < -0.39 is 17.2 Å². The number of carbonyl (C=O) groups is 1. The van der Waals surface area contributed by atoms with Crippen molar-refractivity contribution >= 4 is 22.9 Å². The van der Waals surface area contributed by atoms with Crippen LogP contribution < -0.4 is 4.72 Å². The van der Waals surface area contributed by atoms with E-state index >= 15 is 0 Å². The van der Waals surface area contributed by atoms with Gasteiger partial charge in [-0.1, -0.05) is 31.4 Å². The Balaban J connectivity index is 2.02. The van der Waals surface area contributed by atoms with Crippen molar-refractivity contribution in [1.29, 1.82) is 0 Å². The van der Waals surface area contributed by atoms with Crippen molar-refractivity contribution in [2.45, 2.75) is 44.7 Å². The molecule has 2 rings (SSSR count). The molecule has 122 valence electrons. The molecule has 1 unspecified atom stereocenters. The van der Waals surface area contributed by atoms with E-state index in [0.717, 1.165) is 31.2 Å². The van der Waals surface area contributed by atoms with Gasteiger partial charge in [0.05, 0.1) is 6.54 Å². The number of carboxylic acids is 1. The minimum absolute atomic E-state index is 0.0369. The third-order valence-electron chi connectivity index (χ3n) is 3.97. The van der Waals surface area contributed by atoms with Gasteiger partial charge in [-0.05, 0) is 30.5 Å². The van der Waals surface area contributed by atoms with E-state index in [1.54, 1.807) is 12.1 Å². The van der Waals surface area contributed by atoms with Gasteiger partial charge in [0, 0.05) is 29.5 Å². The quantitative estimate of drug-likeness (QED) is 0.749. The third-order valence-corrected chi connectivity index (χ3v) is 4.37. The first-order valence-corrected chi connectivity index (χ1v) is 8.53. The SMILES string of the molecule is O=C(O)CN(Cc1ccc(NS(=O)[O-])cc1)C1CCCCC1. The Bertz CT molecular complexity index is 515. The normalized spacial score (nSPS) is 17.4. The summed E-state index contributed by atoms with van der Waals surface area (Å²) in [5.74, 6) is -0.814. The fourth-order valence-corrected chi connectivity index (χ4v) is 3.27. The summed E-state index contributed by atoms with van der Waals surface area (Å²) in [4.78, 5) is 13.1. The van der Waals surface area contributed by atoms with Crippen LogP contribution in [-0.2, 0) is 22.6 Å². The van der Waals surface area contributed by atoms with Crippen LogP contribution >= 0.6 is 0 Å². The first-order chi connectivity index (χ1) is 10.5. The number of carboxylic acid groups (broad SMARTS) is 1. The van der Waals surface area contributed by atoms with Crippen LogP contribution in [0.15, 0.2) is 24.3 Å². The zero-order chi connectivity index (χ0) is 15.9. The summed E-state index contributed by atoms with van der Waals surface area (Å²) in [6, 6.07) is 7.34. The van der Waals surface area contributed by atoms with E-state index in [9.17, 15) is 13.6 Å². The average molecular weight is 325 g/mol. The molecular weight excluding hydrogens is 304 g/mol. The summed E-state index contributed by atoms with van der Waals surface area (Å²) in [5.41, 5.74) is 1.48. The Morgan fingerprint density at radius 3 is 2.45 bits per heavy atom. The Kier molecular flexibility index (Phi) is 6.35. The smallest absolute Gasteiger partial charge is 0.317 e. The molecule has 1 aromatic rings. The highest BCUT2D eigenvalue weighted by atomic mass is 32.2. The van der Waals surface area contributed by atoms with E-state index in [1.807, 2.05) is 17.0 Å². The molecule has 1 atom stereocenters. The molecule has 0 heterocycles. The number of nitrogens with one attached hydrogen (secondary N) is 1. The molecule has 6 nitrogen and oxygen atoms in total. The molecule has 0 bridgehead atoms. The van der Waals surface area contributed by atoms with Crippen LogP contribution in [0.25, 0.3) is 0 Å². The van der Waals surface area contributed by atoms with Crippen molar-refractivity contribution in [3.8, 4) is 0 Å². The summed E-state index contributed by atoms with van der Waals surface area (Å²) in [6.45, 7) is 0.604. The fourth-order valence-electron chi connectivity index (χ4n) is 2.94. The van der Waals surface area contributed by atoms with Gasteiger partial charge in [-0.3, -0.25) is 13.9 Å². The van der Waals surface area contributed by atoms with Crippen LogP contribution in [0, 0.1) is 0 Å². The van der Waals surface area contributed by atoms with Crippen LogP contribution in [0.3, 0.4) is 0 Å². The fraction of sp³-hybridized carbons (Fsp3) is 0.533. The highest BCUT2D eigenvalue weighted by Gasteiger charge is 2.23. The number of nitrogens with zero attached hydrogens (tertiary/aromatic N) is 1. The maximum Gasteiger partial charge on any atom is 0.317 e. The molecule has 1 aliphatic rings. The lowest BCUT2D eigenvalue weighted by molar-refractivity contribution is -0.139. The van der Waals surface area contributed by atoms with Gasteiger partial charge in [-0.2, -0.15) is 0 Å². The standard InChI is InChI=1S/C15H22N2O4S/c18-15(19)11-17(14-4-2-1-3-5-14)10-12-6-8-13(9-7-12)16-22(20)21/h6-9,14,16H,1-5,10-11H2,(H,18,19)(H,20,21)/p-1. The average Bonchev–Trinajstić information content (AvgIpc) is 2.48. The van der Waals surface area contributed by atoms with Crippen molar-refractivity contribution in [2.75, 3.05) is 11.3 Å². The van der Waals surface area contributed by atoms with Crippen molar-refractivity contribution in [3.05, 3.63) is 29.8 Å². The van der Waals surface area contributed by atoms with E-state index in [4.69, 9.17) is 5.11 Å². The summed E-state index contributed by atoms with van der Waals surface area (Å²) >= 11 is -2.33. The maximum absolute atomic E-state index is 11.1. The Morgan fingerprint density at radius 1 is 1.27 bits per heavy atom. The minimum Gasteiger partial charge on any atom is -0.755 e. The number of hydrogen-bond donors (Lipinski definition) is 2. The molecule has 2 N–H and O–H groups in total. The van der Waals surface area contributed by atoms with Crippen molar-refractivity contribution < 1.29 is 18.7 Å². The molecule has 0 radical (unpaired) electrons. The summed E-state index contributed by atoms with van der Waals surface area (Å²) in [7, 11) is 0. The maximum atomic E-state index is 11.1. The molecule has 1 fully saturated rings. The minimum atomic E-state index is -2.33. The van der Waals surface area contributed by atoms with Crippen LogP contribution in [0.2, 0.25) is 0 Å². The second-order valence-electron chi connectivity index (χ2n) is 5.62. The molecule has 0 saturated heterocycles. The van der Waals surface area contributed by atoms with Gasteiger partial charge in [-0.25, -0.2) is 0 Å². The van der Waals surface area contributed by atoms with Gasteiger partial charge >= 0.3 is 5.97 Å². The van der Waals surface area contributed by atoms with Crippen LogP contribution in [-0.4, -0.2) is 37.3 Å². The van der Waals surface area contributed by atoms with Gasteiger partial charge in [0.25, 0.3) is 0 Å². The van der Waals surface area contributed by atoms with E-state index in [1.165, 1.54) is 6.42 Å². The monoisotopic (exact) mass is 325 g/mol. The molecule has 0 aliphatic heterocycles. The lowest BCUT2D eigenvalue weighted by Gasteiger charge is -2.33. The van der Waals surface area contributed by atoms with E-state index in [-0.39, 0.29) is 6.54 Å². The molecule has 0 amide bonds. The molecule has 1 aromatic carbocycles. The first-order valence-electron chi connectivity index (χ1n) is 7.45. The zero-order valence-electron chi connectivity index (χ0n) is 12.4. The zero-order valence-corrected chi connectivity index (χ0v) is 13.2. The van der Waals surface area contributed by atoms with Crippen molar-refractivity contribution in [3.63, 3.8) is 0 Å². The number of rotatable bonds is 7. The van der Waals surface area contributed by atoms with E-state index in [0.29, 0.717) is 18.3 Å². The van der Waals surface area contributed by atoms with Crippen LogP contribution in [0.5, 0.6) is 0 Å². The van der Waals surface area contributed by atoms with Gasteiger partial charge in [-0.15, -0.1) is 0 Å². The molecule has 0 spiro atoms. The molecule has 1 saturated carbocycles. The highest BCUT2D eigenvalue weighted by Crippen LogP contribution is 2.24. The van der Waals surface area contributed by atoms with Crippen molar-refractivity contribution in [1.82, 2.24) is 4.90 Å². The second-order valence-corrected chi connectivity index (χ2v) is 6.30. The second kappa shape index (κ2) is 8.26. The Morgan fingerprint density at radius 2 is 1.91 bits per heavy atom. The summed E-state index contributed by atoms with van der Waals surface area (Å²) in [5, 5.41) is 9.12. The van der Waals surface area contributed by atoms with Gasteiger partial charge in [0.2, 0.25) is 0 Å². The number of aliphatic carboxylic acids is 1. The lowest BCUT2D eigenvalue weighted by atomic mass is 9.94. The summed E-state index contributed by atoms with van der Waals surface area (Å²) in [6.07, 6.45) is 5.62.